The average Bonchev–Trinajstić information content (AvgIpc) is 2.33. The van der Waals surface area contributed by atoms with Crippen molar-refractivity contribution in [3.05, 3.63) is 36.4 Å². The van der Waals surface area contributed by atoms with Gasteiger partial charge in [0.15, 0.2) is 0 Å². The highest BCUT2D eigenvalue weighted by Crippen LogP contribution is 2.31. The lowest BCUT2D eigenvalue weighted by molar-refractivity contribution is 0.138. The zero-order valence-corrected chi connectivity index (χ0v) is 10.7. The Kier molecular flexibility index (Phi) is 6.25. The van der Waals surface area contributed by atoms with Gasteiger partial charge in [-0.1, -0.05) is 12.1 Å². The van der Waals surface area contributed by atoms with Gasteiger partial charge in [-0.2, -0.15) is 0 Å². The summed E-state index contributed by atoms with van der Waals surface area (Å²) in [7, 11) is 0. The largest absolute Gasteiger partial charge is 0.507 e. The molecule has 0 aliphatic heterocycles. The van der Waals surface area contributed by atoms with Gasteiger partial charge >= 0.3 is 0 Å². The Balaban J connectivity index is 2.36. The summed E-state index contributed by atoms with van der Waals surface area (Å²) in [6, 6.07) is 4.61. The molecule has 4 nitrogen and oxygen atoms in total. The summed E-state index contributed by atoms with van der Waals surface area (Å²) in [4.78, 5) is 0. The monoisotopic (exact) mass is 251 g/mol. The third kappa shape index (κ3) is 4.39. The van der Waals surface area contributed by atoms with Crippen LogP contribution in [0.3, 0.4) is 0 Å². The van der Waals surface area contributed by atoms with Gasteiger partial charge in [0.2, 0.25) is 0 Å². The molecular formula is C14H21NO3. The maximum absolute atomic E-state index is 9.69. The van der Waals surface area contributed by atoms with E-state index in [0.717, 1.165) is 6.42 Å². The van der Waals surface area contributed by atoms with Gasteiger partial charge in [0.05, 0.1) is 18.8 Å². The first-order valence-electron chi connectivity index (χ1n) is 6.09. The lowest BCUT2D eigenvalue weighted by Gasteiger charge is -2.16. The molecule has 0 radical (unpaired) electrons. The average molecular weight is 251 g/mol. The second-order valence-corrected chi connectivity index (χ2v) is 4.08. The van der Waals surface area contributed by atoms with Crippen molar-refractivity contribution in [3.8, 4) is 11.5 Å². The third-order valence-corrected chi connectivity index (χ3v) is 2.66. The van der Waals surface area contributed by atoms with Crippen LogP contribution < -0.4 is 5.32 Å². The quantitative estimate of drug-likeness (QED) is 0.490. The van der Waals surface area contributed by atoms with Crippen LogP contribution in [0.15, 0.2) is 30.9 Å². The number of phenolic OH excluding ortho intramolecular Hbond substituents is 2. The van der Waals surface area contributed by atoms with Gasteiger partial charge < -0.3 is 20.3 Å². The molecule has 0 saturated carbocycles. The summed E-state index contributed by atoms with van der Waals surface area (Å²) >= 11 is 0. The fraction of sp³-hybridized carbons (Fsp3) is 0.429. The molecule has 1 unspecified atom stereocenters. The molecule has 0 aromatic heterocycles. The minimum atomic E-state index is -0.130. The predicted molar refractivity (Wildman–Crippen MR) is 71.8 cm³/mol. The van der Waals surface area contributed by atoms with Crippen molar-refractivity contribution in [2.45, 2.75) is 19.4 Å². The fourth-order valence-electron chi connectivity index (χ4n) is 1.70. The number of aromatic hydroxyl groups is 2. The number of benzene rings is 1. The van der Waals surface area contributed by atoms with Crippen molar-refractivity contribution in [2.75, 3.05) is 19.8 Å². The Morgan fingerprint density at radius 2 is 2.00 bits per heavy atom. The second kappa shape index (κ2) is 7.74. The molecule has 0 fully saturated rings. The summed E-state index contributed by atoms with van der Waals surface area (Å²) in [6.45, 7) is 7.42. The van der Waals surface area contributed by atoms with E-state index in [4.69, 9.17) is 4.74 Å². The summed E-state index contributed by atoms with van der Waals surface area (Å²) in [6.07, 6.45) is 2.66. The van der Waals surface area contributed by atoms with Crippen molar-refractivity contribution in [3.63, 3.8) is 0 Å². The SMILES string of the molecule is C=CCCOCCNC(C)c1c(O)cccc1O. The van der Waals surface area contributed by atoms with Crippen LogP contribution in [0, 0.1) is 0 Å². The van der Waals surface area contributed by atoms with E-state index in [-0.39, 0.29) is 17.5 Å². The zero-order chi connectivity index (χ0) is 13.4. The number of hydrogen-bond acceptors (Lipinski definition) is 4. The van der Waals surface area contributed by atoms with E-state index < -0.39 is 0 Å². The van der Waals surface area contributed by atoms with E-state index in [1.807, 2.05) is 13.0 Å². The Labute approximate surface area is 108 Å². The first-order valence-corrected chi connectivity index (χ1v) is 6.09. The molecule has 18 heavy (non-hydrogen) atoms. The normalized spacial score (nSPS) is 12.3. The van der Waals surface area contributed by atoms with Gasteiger partial charge in [-0.05, 0) is 25.5 Å². The van der Waals surface area contributed by atoms with Crippen molar-refractivity contribution in [1.82, 2.24) is 5.32 Å². The molecule has 100 valence electrons. The molecule has 0 spiro atoms. The van der Waals surface area contributed by atoms with Crippen LogP contribution in [0.2, 0.25) is 0 Å². The summed E-state index contributed by atoms with van der Waals surface area (Å²) in [5.41, 5.74) is 0.517. The molecule has 1 aromatic rings. The van der Waals surface area contributed by atoms with E-state index in [0.29, 0.717) is 25.3 Å². The summed E-state index contributed by atoms with van der Waals surface area (Å²) in [5.74, 6) is 0.199. The first-order chi connectivity index (χ1) is 8.66. The molecule has 0 aliphatic carbocycles. The summed E-state index contributed by atoms with van der Waals surface area (Å²) < 4.78 is 5.36. The van der Waals surface area contributed by atoms with Gasteiger partial charge in [0.25, 0.3) is 0 Å². The Bertz CT molecular complexity index is 359. The second-order valence-electron chi connectivity index (χ2n) is 4.08. The molecule has 1 aromatic carbocycles. The van der Waals surface area contributed by atoms with Gasteiger partial charge in [-0.3, -0.25) is 0 Å². The molecule has 1 rings (SSSR count). The van der Waals surface area contributed by atoms with Crippen molar-refractivity contribution < 1.29 is 14.9 Å². The Morgan fingerprint density at radius 1 is 1.33 bits per heavy atom. The number of phenols is 2. The van der Waals surface area contributed by atoms with Crippen LogP contribution >= 0.6 is 0 Å². The molecule has 3 N–H and O–H groups in total. The van der Waals surface area contributed by atoms with Crippen LogP contribution in [0.4, 0.5) is 0 Å². The predicted octanol–water partition coefficient (Wildman–Crippen LogP) is 2.34. The number of rotatable bonds is 8. The highest BCUT2D eigenvalue weighted by molar-refractivity contribution is 5.44. The lowest BCUT2D eigenvalue weighted by Crippen LogP contribution is -2.23. The molecule has 0 saturated heterocycles. The lowest BCUT2D eigenvalue weighted by atomic mass is 10.1. The molecule has 1 atom stereocenters. The van der Waals surface area contributed by atoms with Crippen LogP contribution in [0.1, 0.15) is 24.9 Å². The standard InChI is InChI=1S/C14H21NO3/c1-3-4-9-18-10-8-15-11(2)14-12(16)6-5-7-13(14)17/h3,5-7,11,15-17H,1,4,8-10H2,2H3. The van der Waals surface area contributed by atoms with Gasteiger partial charge in [-0.15, -0.1) is 6.58 Å². The van der Waals surface area contributed by atoms with Crippen LogP contribution in [0.5, 0.6) is 11.5 Å². The van der Waals surface area contributed by atoms with Gasteiger partial charge in [-0.25, -0.2) is 0 Å². The maximum Gasteiger partial charge on any atom is 0.124 e. The van der Waals surface area contributed by atoms with Crippen molar-refractivity contribution >= 4 is 0 Å². The van der Waals surface area contributed by atoms with Gasteiger partial charge in [0.1, 0.15) is 11.5 Å². The zero-order valence-electron chi connectivity index (χ0n) is 10.7. The smallest absolute Gasteiger partial charge is 0.124 e. The number of ether oxygens (including phenoxy) is 1. The summed E-state index contributed by atoms with van der Waals surface area (Å²) in [5, 5.41) is 22.6. The van der Waals surface area contributed by atoms with Crippen LogP contribution in [-0.2, 0) is 4.74 Å². The Hall–Kier alpha value is -1.52. The first kappa shape index (κ1) is 14.5. The number of nitrogens with one attached hydrogen (secondary N) is 1. The van der Waals surface area contributed by atoms with Crippen molar-refractivity contribution in [2.24, 2.45) is 0 Å². The minimum absolute atomic E-state index is 0.0996. The highest BCUT2D eigenvalue weighted by atomic mass is 16.5. The minimum Gasteiger partial charge on any atom is -0.507 e. The van der Waals surface area contributed by atoms with E-state index in [1.54, 1.807) is 18.2 Å². The van der Waals surface area contributed by atoms with E-state index >= 15 is 0 Å². The van der Waals surface area contributed by atoms with Crippen molar-refractivity contribution in [1.29, 1.82) is 0 Å². The van der Waals surface area contributed by atoms with E-state index in [1.165, 1.54) is 0 Å². The molecule has 0 bridgehead atoms. The maximum atomic E-state index is 9.69. The van der Waals surface area contributed by atoms with Gasteiger partial charge in [0, 0.05) is 12.6 Å². The topological polar surface area (TPSA) is 61.7 Å². The molecule has 0 heterocycles. The third-order valence-electron chi connectivity index (χ3n) is 2.66. The molecular weight excluding hydrogens is 230 g/mol. The van der Waals surface area contributed by atoms with E-state index in [9.17, 15) is 10.2 Å². The number of hydrogen-bond donors (Lipinski definition) is 3. The molecule has 0 amide bonds. The Morgan fingerprint density at radius 3 is 2.61 bits per heavy atom. The fourth-order valence-corrected chi connectivity index (χ4v) is 1.70. The van der Waals surface area contributed by atoms with Crippen LogP contribution in [-0.4, -0.2) is 30.0 Å². The highest BCUT2D eigenvalue weighted by Gasteiger charge is 2.13. The molecule has 0 aliphatic rings. The molecule has 4 heteroatoms. The van der Waals surface area contributed by atoms with Crippen LogP contribution in [0.25, 0.3) is 0 Å². The van der Waals surface area contributed by atoms with E-state index in [2.05, 4.69) is 11.9 Å².